The van der Waals surface area contributed by atoms with Gasteiger partial charge in [0.15, 0.2) is 0 Å². The number of hydrogen-bond donors (Lipinski definition) is 4. The van der Waals surface area contributed by atoms with E-state index in [9.17, 15) is 20.1 Å². The van der Waals surface area contributed by atoms with Gasteiger partial charge in [0.25, 0.3) is 0 Å². The summed E-state index contributed by atoms with van der Waals surface area (Å²) in [4.78, 5) is 14.8. The normalized spacial score (nSPS) is 17.6. The highest BCUT2D eigenvalue weighted by atomic mass is 127. The van der Waals surface area contributed by atoms with E-state index < -0.39 is 31.0 Å². The van der Waals surface area contributed by atoms with E-state index in [0.29, 0.717) is 6.29 Å². The number of carbonyl (C=O) groups excluding carboxylic acids is 1. The number of aliphatic imine (C=N–C) groups is 1. The van der Waals surface area contributed by atoms with E-state index in [1.165, 1.54) is 6.21 Å². The van der Waals surface area contributed by atoms with Crippen molar-refractivity contribution in [1.29, 1.82) is 0 Å². The SMILES string of the molecule is O=C[C@H](N=Cc1ccc(I)cc1)[C@@H](O)[C@H](O)[C@H](O)CO. The van der Waals surface area contributed by atoms with Gasteiger partial charge in [0.2, 0.25) is 0 Å². The average Bonchev–Trinajstić information content (AvgIpc) is 2.47. The zero-order chi connectivity index (χ0) is 15.1. The number of rotatable bonds is 7. The van der Waals surface area contributed by atoms with Crippen LogP contribution in [0.15, 0.2) is 29.3 Å². The van der Waals surface area contributed by atoms with Crippen molar-refractivity contribution >= 4 is 35.1 Å². The maximum atomic E-state index is 10.9. The van der Waals surface area contributed by atoms with Gasteiger partial charge >= 0.3 is 0 Å². The fraction of sp³-hybridized carbons (Fsp3) is 0.385. The highest BCUT2D eigenvalue weighted by Gasteiger charge is 2.30. The van der Waals surface area contributed by atoms with Crippen LogP contribution in [-0.2, 0) is 4.79 Å². The maximum absolute atomic E-state index is 10.9. The molecule has 0 saturated heterocycles. The summed E-state index contributed by atoms with van der Waals surface area (Å²) in [5.41, 5.74) is 0.738. The van der Waals surface area contributed by atoms with Gasteiger partial charge < -0.3 is 25.2 Å². The van der Waals surface area contributed by atoms with Gasteiger partial charge in [0.1, 0.15) is 30.6 Å². The second-order valence-corrected chi connectivity index (χ2v) is 5.43. The number of aliphatic hydroxyl groups is 4. The van der Waals surface area contributed by atoms with E-state index in [-0.39, 0.29) is 0 Å². The molecule has 0 aliphatic rings. The molecule has 0 amide bonds. The van der Waals surface area contributed by atoms with Crippen LogP contribution in [0.1, 0.15) is 5.56 Å². The molecule has 1 rings (SSSR count). The van der Waals surface area contributed by atoms with Gasteiger partial charge in [-0.2, -0.15) is 0 Å². The average molecular weight is 393 g/mol. The molecule has 0 unspecified atom stereocenters. The molecule has 0 bridgehead atoms. The topological polar surface area (TPSA) is 110 Å². The molecular formula is C13H16INO5. The zero-order valence-corrected chi connectivity index (χ0v) is 12.7. The lowest BCUT2D eigenvalue weighted by molar-refractivity contribution is -0.118. The number of carbonyl (C=O) groups is 1. The molecule has 0 aromatic heterocycles. The molecule has 20 heavy (non-hydrogen) atoms. The van der Waals surface area contributed by atoms with Crippen LogP contribution < -0.4 is 0 Å². The van der Waals surface area contributed by atoms with Crippen molar-refractivity contribution in [3.8, 4) is 0 Å². The lowest BCUT2D eigenvalue weighted by Crippen LogP contribution is -2.45. The van der Waals surface area contributed by atoms with Crippen LogP contribution in [0.4, 0.5) is 0 Å². The largest absolute Gasteiger partial charge is 0.394 e. The van der Waals surface area contributed by atoms with E-state index >= 15 is 0 Å². The van der Waals surface area contributed by atoms with Crippen molar-refractivity contribution < 1.29 is 25.2 Å². The first-order valence-electron chi connectivity index (χ1n) is 5.88. The molecule has 4 N–H and O–H groups in total. The number of nitrogens with zero attached hydrogens (tertiary/aromatic N) is 1. The van der Waals surface area contributed by atoms with Crippen LogP contribution in [0.2, 0.25) is 0 Å². The highest BCUT2D eigenvalue weighted by molar-refractivity contribution is 14.1. The summed E-state index contributed by atoms with van der Waals surface area (Å²) < 4.78 is 1.05. The van der Waals surface area contributed by atoms with E-state index in [0.717, 1.165) is 9.13 Å². The second-order valence-electron chi connectivity index (χ2n) is 4.19. The minimum Gasteiger partial charge on any atom is -0.394 e. The number of aliphatic hydroxyl groups excluding tert-OH is 4. The first-order valence-corrected chi connectivity index (χ1v) is 6.96. The first kappa shape index (κ1) is 17.2. The lowest BCUT2D eigenvalue weighted by Gasteiger charge is -2.23. The Morgan fingerprint density at radius 3 is 2.25 bits per heavy atom. The Hall–Kier alpha value is -0.870. The molecule has 6 nitrogen and oxygen atoms in total. The van der Waals surface area contributed by atoms with E-state index in [4.69, 9.17) is 5.11 Å². The van der Waals surface area contributed by atoms with Crippen LogP contribution in [0, 0.1) is 3.57 Å². The van der Waals surface area contributed by atoms with Crippen molar-refractivity contribution in [3.05, 3.63) is 33.4 Å². The number of hydrogen-bond acceptors (Lipinski definition) is 6. The van der Waals surface area contributed by atoms with Gasteiger partial charge in [0.05, 0.1) is 6.61 Å². The van der Waals surface area contributed by atoms with Crippen LogP contribution in [0.25, 0.3) is 0 Å². The molecule has 0 saturated carbocycles. The molecule has 4 atom stereocenters. The fourth-order valence-electron chi connectivity index (χ4n) is 1.46. The minimum absolute atomic E-state index is 0.376. The zero-order valence-electron chi connectivity index (χ0n) is 10.5. The molecule has 0 radical (unpaired) electrons. The fourth-order valence-corrected chi connectivity index (χ4v) is 1.82. The molecule has 1 aromatic rings. The van der Waals surface area contributed by atoms with Crippen molar-refractivity contribution in [2.24, 2.45) is 4.99 Å². The van der Waals surface area contributed by atoms with Gasteiger partial charge in [-0.15, -0.1) is 0 Å². The Morgan fingerprint density at radius 2 is 1.75 bits per heavy atom. The minimum atomic E-state index is -1.65. The summed E-state index contributed by atoms with van der Waals surface area (Å²) >= 11 is 2.15. The third-order valence-corrected chi connectivity index (χ3v) is 3.41. The predicted molar refractivity (Wildman–Crippen MR) is 81.7 cm³/mol. The smallest absolute Gasteiger partial charge is 0.147 e. The summed E-state index contributed by atoms with van der Waals surface area (Å²) in [6.45, 7) is -0.718. The van der Waals surface area contributed by atoms with E-state index in [1.807, 2.05) is 12.1 Å². The Balaban J connectivity index is 2.75. The Morgan fingerprint density at radius 1 is 1.15 bits per heavy atom. The van der Waals surface area contributed by atoms with E-state index in [1.54, 1.807) is 12.1 Å². The van der Waals surface area contributed by atoms with Gasteiger partial charge in [0, 0.05) is 9.78 Å². The van der Waals surface area contributed by atoms with Crippen LogP contribution in [-0.4, -0.2) is 63.9 Å². The van der Waals surface area contributed by atoms with Crippen LogP contribution >= 0.6 is 22.6 Å². The summed E-state index contributed by atoms with van der Waals surface area (Å²) in [7, 11) is 0. The summed E-state index contributed by atoms with van der Waals surface area (Å²) in [5.74, 6) is 0. The second kappa shape index (κ2) is 8.42. The molecule has 7 heteroatoms. The van der Waals surface area contributed by atoms with Crippen molar-refractivity contribution in [3.63, 3.8) is 0 Å². The monoisotopic (exact) mass is 393 g/mol. The van der Waals surface area contributed by atoms with Gasteiger partial charge in [-0.1, -0.05) is 12.1 Å². The van der Waals surface area contributed by atoms with Crippen molar-refractivity contribution in [2.75, 3.05) is 6.61 Å². The lowest BCUT2D eigenvalue weighted by atomic mass is 10.0. The van der Waals surface area contributed by atoms with Crippen LogP contribution in [0.5, 0.6) is 0 Å². The van der Waals surface area contributed by atoms with Gasteiger partial charge in [-0.3, -0.25) is 4.99 Å². The molecule has 0 fully saturated rings. The van der Waals surface area contributed by atoms with Crippen LogP contribution in [0.3, 0.4) is 0 Å². The third kappa shape index (κ3) is 4.91. The summed E-state index contributed by atoms with van der Waals surface area (Å²) in [5, 5.41) is 37.2. The molecule has 0 aliphatic carbocycles. The Kier molecular flexibility index (Phi) is 7.24. The highest BCUT2D eigenvalue weighted by Crippen LogP contribution is 2.08. The standard InChI is InChI=1S/C13H16INO5/c14-9-3-1-8(2-4-9)5-15-10(6-16)12(19)13(20)11(18)7-17/h1-6,10-13,17-20H,7H2/t10-,11+,12+,13+/m0/s1. The van der Waals surface area contributed by atoms with E-state index in [2.05, 4.69) is 27.6 Å². The quantitative estimate of drug-likeness (QED) is 0.280. The molecule has 0 spiro atoms. The first-order chi connectivity index (χ1) is 9.49. The molecule has 1 aromatic carbocycles. The molecular weight excluding hydrogens is 377 g/mol. The summed E-state index contributed by atoms with van der Waals surface area (Å²) in [6, 6.07) is 6.08. The third-order valence-electron chi connectivity index (χ3n) is 2.69. The Bertz CT molecular complexity index is 451. The number of aldehydes is 1. The maximum Gasteiger partial charge on any atom is 0.147 e. The predicted octanol–water partition coefficient (Wildman–Crippen LogP) is -0.647. The molecule has 110 valence electrons. The molecule has 0 aliphatic heterocycles. The number of halogens is 1. The van der Waals surface area contributed by atoms with Gasteiger partial charge in [-0.05, 0) is 40.3 Å². The Labute approximate surface area is 129 Å². The molecule has 0 heterocycles. The van der Waals surface area contributed by atoms with Gasteiger partial charge in [-0.25, -0.2) is 0 Å². The summed E-state index contributed by atoms with van der Waals surface area (Å²) in [6.07, 6.45) is -2.99. The van der Waals surface area contributed by atoms with Crippen molar-refractivity contribution in [2.45, 2.75) is 24.4 Å². The number of benzene rings is 1. The van der Waals surface area contributed by atoms with Crippen molar-refractivity contribution in [1.82, 2.24) is 0 Å².